The van der Waals surface area contributed by atoms with Gasteiger partial charge in [0.05, 0.1) is 0 Å². The van der Waals surface area contributed by atoms with Crippen molar-refractivity contribution in [2.75, 3.05) is 39.5 Å². The number of carbonyl (C=O) groups excluding carboxylic acids is 6. The molecule has 0 bridgehead atoms. The highest BCUT2D eigenvalue weighted by Crippen LogP contribution is 2.39. The smallest absolute Gasteiger partial charge is 0.450 e. The van der Waals surface area contributed by atoms with E-state index in [0.29, 0.717) is 25.7 Å². The Morgan fingerprint density at radius 2 is 0.900 bits per heavy atom. The van der Waals surface area contributed by atoms with Gasteiger partial charge in [-0.15, -0.1) is 0 Å². The van der Waals surface area contributed by atoms with Crippen LogP contribution in [0.5, 0.6) is 0 Å². The van der Waals surface area contributed by atoms with Crippen LogP contribution in [0.3, 0.4) is 0 Å². The largest absolute Gasteiger partial charge is 0.459 e. The zero-order valence-corrected chi connectivity index (χ0v) is 30.1. The molecule has 2 aliphatic rings. The van der Waals surface area contributed by atoms with Crippen LogP contribution in [0.25, 0.3) is 0 Å². The third-order valence-electron chi connectivity index (χ3n) is 8.22. The molecule has 4 atom stereocenters. The van der Waals surface area contributed by atoms with E-state index < -0.39 is 36.3 Å². The van der Waals surface area contributed by atoms with E-state index in [1.807, 2.05) is 0 Å². The number of esters is 2. The lowest BCUT2D eigenvalue weighted by molar-refractivity contribution is -0.179. The van der Waals surface area contributed by atoms with E-state index >= 15 is 0 Å². The lowest BCUT2D eigenvalue weighted by Crippen LogP contribution is -2.46. The van der Waals surface area contributed by atoms with E-state index in [0.717, 1.165) is 12.8 Å². The van der Waals surface area contributed by atoms with Crippen LogP contribution in [-0.2, 0) is 38.3 Å². The van der Waals surface area contributed by atoms with Gasteiger partial charge in [-0.25, -0.2) is 38.5 Å². The van der Waals surface area contributed by atoms with Gasteiger partial charge < -0.3 is 40.2 Å². The number of amides is 4. The van der Waals surface area contributed by atoms with Crippen LogP contribution >= 0.6 is 0 Å². The van der Waals surface area contributed by atoms with Gasteiger partial charge in [0, 0.05) is 36.3 Å². The Labute approximate surface area is 293 Å². The molecule has 4 amide bonds. The lowest BCUT2D eigenvalue weighted by Gasteiger charge is -2.40. The zero-order valence-electron chi connectivity index (χ0n) is 30.1. The summed E-state index contributed by atoms with van der Waals surface area (Å²) in [5.41, 5.74) is 0.233. The molecule has 16 heteroatoms. The van der Waals surface area contributed by atoms with Crippen molar-refractivity contribution in [1.82, 2.24) is 21.3 Å². The molecule has 4 N–H and O–H groups in total. The van der Waals surface area contributed by atoms with Crippen LogP contribution in [0.15, 0.2) is 24.3 Å². The fraction of sp³-hybridized carbons (Fsp3) is 0.706. The van der Waals surface area contributed by atoms with Crippen LogP contribution in [-0.4, -0.2) is 87.9 Å². The zero-order chi connectivity index (χ0) is 37.5. The van der Waals surface area contributed by atoms with Gasteiger partial charge in [0.15, 0.2) is 0 Å². The summed E-state index contributed by atoms with van der Waals surface area (Å²) in [6.07, 6.45) is 0.944. The standard InChI is InChI=1S/C34H54N4O12/c1-21(2)27(39)45-9-11-47-31(43)37-25-13-23(15-33(5,6)17-25)19-35-29(41)49-50-30(42)36-20-24-14-26(18-34(7,8)16-24)38-32(44)48-12-10-46-28(40)22(3)4/h23-26H,1,3,9-20H2,2,4-8H3,(H,35,41)(H,36,42)(H,37,43)(H,38,44). The Hall–Kier alpha value is -4.50. The number of nitrogens with one attached hydrogen (secondary N) is 4. The molecule has 0 aromatic heterocycles. The molecule has 2 rings (SSSR count). The minimum absolute atomic E-state index is 0.00509. The van der Waals surface area contributed by atoms with E-state index in [9.17, 15) is 28.8 Å². The Kier molecular flexibility index (Phi) is 16.4. The molecule has 50 heavy (non-hydrogen) atoms. The van der Waals surface area contributed by atoms with Gasteiger partial charge in [0.25, 0.3) is 0 Å². The molecule has 0 aromatic rings. The van der Waals surface area contributed by atoms with Crippen LogP contribution in [0, 0.1) is 22.7 Å². The maximum atomic E-state index is 12.3. The fourth-order valence-corrected chi connectivity index (χ4v) is 6.52. The van der Waals surface area contributed by atoms with Crippen LogP contribution in [0.2, 0.25) is 0 Å². The average Bonchev–Trinajstić information content (AvgIpc) is 3.00. The Morgan fingerprint density at radius 3 is 1.24 bits per heavy atom. The number of rotatable bonds is 14. The number of carbonyl (C=O) groups is 6. The Morgan fingerprint density at radius 1 is 0.560 bits per heavy atom. The van der Waals surface area contributed by atoms with E-state index in [1.54, 1.807) is 0 Å². The van der Waals surface area contributed by atoms with E-state index in [-0.39, 0.29) is 85.4 Å². The third-order valence-corrected chi connectivity index (χ3v) is 8.22. The van der Waals surface area contributed by atoms with Gasteiger partial charge in [-0.1, -0.05) is 40.9 Å². The molecule has 0 saturated heterocycles. The Balaban J connectivity index is 1.69. The van der Waals surface area contributed by atoms with Gasteiger partial charge in [-0.05, 0) is 75.0 Å². The molecule has 2 saturated carbocycles. The van der Waals surface area contributed by atoms with Gasteiger partial charge in [0.2, 0.25) is 0 Å². The maximum Gasteiger partial charge on any atom is 0.450 e. The molecule has 0 radical (unpaired) electrons. The van der Waals surface area contributed by atoms with Crippen molar-refractivity contribution in [1.29, 1.82) is 0 Å². The Bertz CT molecular complexity index is 1160. The maximum absolute atomic E-state index is 12.3. The molecule has 16 nitrogen and oxygen atoms in total. The topological polar surface area (TPSA) is 206 Å². The molecule has 2 aliphatic carbocycles. The number of hydrogen-bond donors (Lipinski definition) is 4. The number of ether oxygens (including phenoxy) is 4. The summed E-state index contributed by atoms with van der Waals surface area (Å²) in [6, 6.07) is -0.421. The van der Waals surface area contributed by atoms with Crippen molar-refractivity contribution in [3.8, 4) is 0 Å². The molecule has 2 fully saturated rings. The second-order valence-corrected chi connectivity index (χ2v) is 14.6. The number of alkyl carbamates (subject to hydrolysis) is 2. The SMILES string of the molecule is C=C(C)C(=O)OCCOC(=O)NC1CC(CNC(=O)OOC(=O)NCC2CC(NC(=O)OCCOC(=O)C(=C)C)CC(C)(C)C2)CC(C)(C)C1. The average molecular weight is 711 g/mol. The quantitative estimate of drug-likeness (QED) is 0.0493. The van der Waals surface area contributed by atoms with Crippen LogP contribution < -0.4 is 21.3 Å². The minimum Gasteiger partial charge on any atom is -0.459 e. The number of hydrogen-bond acceptors (Lipinski definition) is 12. The highest BCUT2D eigenvalue weighted by molar-refractivity contribution is 5.87. The summed E-state index contributed by atoms with van der Waals surface area (Å²) in [4.78, 5) is 81.3. The van der Waals surface area contributed by atoms with Gasteiger partial charge >= 0.3 is 36.3 Å². The highest BCUT2D eigenvalue weighted by Gasteiger charge is 2.36. The first-order valence-electron chi connectivity index (χ1n) is 16.8. The monoisotopic (exact) mass is 710 g/mol. The molecular formula is C34H54N4O12. The first-order chi connectivity index (χ1) is 23.3. The molecule has 0 spiro atoms. The van der Waals surface area contributed by atoms with Crippen molar-refractivity contribution in [3.05, 3.63) is 24.3 Å². The predicted octanol–water partition coefficient (Wildman–Crippen LogP) is 4.43. The highest BCUT2D eigenvalue weighted by atomic mass is 17.2. The van der Waals surface area contributed by atoms with Crippen molar-refractivity contribution < 1.29 is 57.5 Å². The first-order valence-corrected chi connectivity index (χ1v) is 16.8. The van der Waals surface area contributed by atoms with E-state index in [1.165, 1.54) is 13.8 Å². The van der Waals surface area contributed by atoms with Crippen molar-refractivity contribution in [2.45, 2.75) is 92.2 Å². The van der Waals surface area contributed by atoms with Crippen LogP contribution in [0.4, 0.5) is 19.2 Å². The third kappa shape index (κ3) is 16.7. The van der Waals surface area contributed by atoms with E-state index in [2.05, 4.69) is 71.9 Å². The summed E-state index contributed by atoms with van der Waals surface area (Å²) in [7, 11) is 0. The van der Waals surface area contributed by atoms with Crippen LogP contribution in [0.1, 0.15) is 80.1 Å². The van der Waals surface area contributed by atoms with Crippen molar-refractivity contribution >= 4 is 36.3 Å². The molecule has 282 valence electrons. The predicted molar refractivity (Wildman–Crippen MR) is 179 cm³/mol. The normalized spacial score (nSPS) is 22.0. The summed E-state index contributed by atoms with van der Waals surface area (Å²) in [6.45, 7) is 18.3. The summed E-state index contributed by atoms with van der Waals surface area (Å²) >= 11 is 0. The summed E-state index contributed by atoms with van der Waals surface area (Å²) in [5.74, 6) is -1.13. The van der Waals surface area contributed by atoms with Crippen molar-refractivity contribution in [2.24, 2.45) is 22.7 Å². The van der Waals surface area contributed by atoms with Gasteiger partial charge in [-0.3, -0.25) is 0 Å². The van der Waals surface area contributed by atoms with E-state index in [4.69, 9.17) is 18.9 Å². The first kappa shape index (κ1) is 41.7. The fourth-order valence-electron chi connectivity index (χ4n) is 6.52. The lowest BCUT2D eigenvalue weighted by atomic mass is 9.70. The minimum atomic E-state index is -0.937. The second-order valence-electron chi connectivity index (χ2n) is 14.6. The van der Waals surface area contributed by atoms with Gasteiger partial charge in [0.1, 0.15) is 26.4 Å². The van der Waals surface area contributed by atoms with Crippen molar-refractivity contribution in [3.63, 3.8) is 0 Å². The summed E-state index contributed by atoms with van der Waals surface area (Å²) < 4.78 is 20.0. The summed E-state index contributed by atoms with van der Waals surface area (Å²) in [5, 5.41) is 10.9. The molecular weight excluding hydrogens is 656 g/mol. The molecule has 0 aromatic carbocycles. The molecule has 4 unspecified atom stereocenters. The van der Waals surface area contributed by atoms with Gasteiger partial charge in [-0.2, -0.15) is 0 Å². The molecule has 0 heterocycles. The molecule has 0 aliphatic heterocycles. The second kappa shape index (κ2) is 19.6.